The van der Waals surface area contributed by atoms with Gasteiger partial charge in [0.15, 0.2) is 11.6 Å². The number of nitrogens with one attached hydrogen (secondary N) is 1. The topological polar surface area (TPSA) is 38.3 Å². The molecule has 0 heterocycles. The Kier molecular flexibility index (Phi) is 9.01. The maximum absolute atomic E-state index is 13.0. The van der Waals surface area contributed by atoms with Gasteiger partial charge < -0.3 is 10.1 Å². The Balaban J connectivity index is 2.09. The molecule has 0 aromatic heterocycles. The number of unbranched alkanes of at least 4 members (excludes halogenated alkanes) is 1. The van der Waals surface area contributed by atoms with Crippen molar-refractivity contribution in [1.29, 1.82) is 0 Å². The van der Waals surface area contributed by atoms with Crippen molar-refractivity contribution in [3.8, 4) is 0 Å². The van der Waals surface area contributed by atoms with E-state index in [1.165, 1.54) is 17.8 Å². The molecule has 0 bridgehead atoms. The predicted molar refractivity (Wildman–Crippen MR) is 80.4 cm³/mol. The average Bonchev–Trinajstić information content (AvgIpc) is 2.47. The minimum absolute atomic E-state index is 0.127. The van der Waals surface area contributed by atoms with Crippen LogP contribution in [-0.2, 0) is 9.53 Å². The van der Waals surface area contributed by atoms with Crippen LogP contribution in [0.15, 0.2) is 23.1 Å². The average molecular weight is 317 g/mol. The Morgan fingerprint density at radius 3 is 2.71 bits per heavy atom. The molecule has 118 valence electrons. The molecule has 0 atom stereocenters. The Morgan fingerprint density at radius 2 is 2.00 bits per heavy atom. The van der Waals surface area contributed by atoms with Crippen molar-refractivity contribution in [3.63, 3.8) is 0 Å². The molecule has 1 aromatic carbocycles. The first kappa shape index (κ1) is 17.9. The summed E-state index contributed by atoms with van der Waals surface area (Å²) in [5, 5.41) is 2.76. The van der Waals surface area contributed by atoms with Crippen molar-refractivity contribution in [2.75, 3.05) is 25.5 Å². The second kappa shape index (κ2) is 10.6. The van der Waals surface area contributed by atoms with E-state index < -0.39 is 11.6 Å². The number of hydrogen-bond acceptors (Lipinski definition) is 3. The van der Waals surface area contributed by atoms with Crippen molar-refractivity contribution in [2.45, 2.75) is 31.1 Å². The summed E-state index contributed by atoms with van der Waals surface area (Å²) in [5.41, 5.74) is 0. The van der Waals surface area contributed by atoms with E-state index in [0.717, 1.165) is 38.0 Å². The molecule has 0 fully saturated rings. The molecule has 1 amide bonds. The minimum Gasteiger partial charge on any atom is -0.381 e. The summed E-state index contributed by atoms with van der Waals surface area (Å²) in [5.74, 6) is -1.73. The first-order valence-electron chi connectivity index (χ1n) is 7.05. The van der Waals surface area contributed by atoms with E-state index >= 15 is 0 Å². The molecule has 1 N–H and O–H groups in total. The number of halogens is 2. The molecule has 0 aliphatic rings. The van der Waals surface area contributed by atoms with Gasteiger partial charge in [0.1, 0.15) is 0 Å². The maximum atomic E-state index is 13.0. The Labute approximate surface area is 128 Å². The van der Waals surface area contributed by atoms with Crippen LogP contribution in [0.4, 0.5) is 8.78 Å². The van der Waals surface area contributed by atoms with Gasteiger partial charge in [-0.2, -0.15) is 0 Å². The first-order valence-corrected chi connectivity index (χ1v) is 8.04. The molecule has 1 aromatic rings. The molecular formula is C15H21F2NO2S. The maximum Gasteiger partial charge on any atom is 0.230 e. The fourth-order valence-corrected chi connectivity index (χ4v) is 2.27. The zero-order valence-corrected chi connectivity index (χ0v) is 13.0. The highest BCUT2D eigenvalue weighted by Gasteiger charge is 2.06. The summed E-state index contributed by atoms with van der Waals surface area (Å²) in [4.78, 5) is 12.1. The predicted octanol–water partition coefficient (Wildman–Crippen LogP) is 3.38. The molecule has 0 saturated heterocycles. The smallest absolute Gasteiger partial charge is 0.230 e. The summed E-state index contributed by atoms with van der Waals surface area (Å²) in [7, 11) is 0. The van der Waals surface area contributed by atoms with Crippen molar-refractivity contribution in [2.24, 2.45) is 0 Å². The van der Waals surface area contributed by atoms with Crippen LogP contribution in [0.25, 0.3) is 0 Å². The van der Waals surface area contributed by atoms with E-state index in [1.54, 1.807) is 0 Å². The molecule has 0 saturated carbocycles. The minimum atomic E-state index is -0.898. The van der Waals surface area contributed by atoms with Crippen molar-refractivity contribution >= 4 is 17.7 Å². The Hall–Kier alpha value is -1.14. The van der Waals surface area contributed by atoms with Gasteiger partial charge >= 0.3 is 0 Å². The summed E-state index contributed by atoms with van der Waals surface area (Å²) < 4.78 is 31.1. The number of benzene rings is 1. The third kappa shape index (κ3) is 8.02. The van der Waals surface area contributed by atoms with Gasteiger partial charge in [0.05, 0.1) is 5.75 Å². The summed E-state index contributed by atoms with van der Waals surface area (Å²) in [6.07, 6.45) is 2.93. The number of amides is 1. The van der Waals surface area contributed by atoms with Crippen LogP contribution in [0, 0.1) is 11.6 Å². The molecule has 0 aliphatic heterocycles. The number of ether oxygens (including phenoxy) is 1. The highest BCUT2D eigenvalue weighted by Crippen LogP contribution is 2.19. The van der Waals surface area contributed by atoms with Gasteiger partial charge in [0.2, 0.25) is 5.91 Å². The highest BCUT2D eigenvalue weighted by molar-refractivity contribution is 8.00. The number of carbonyl (C=O) groups is 1. The number of thioether (sulfide) groups is 1. The number of carbonyl (C=O) groups excluding carboxylic acids is 1. The van der Waals surface area contributed by atoms with Crippen molar-refractivity contribution in [3.05, 3.63) is 29.8 Å². The van der Waals surface area contributed by atoms with Crippen LogP contribution in [0.1, 0.15) is 26.2 Å². The molecule has 3 nitrogen and oxygen atoms in total. The van der Waals surface area contributed by atoms with Gasteiger partial charge in [0.25, 0.3) is 0 Å². The third-order valence-corrected chi connectivity index (χ3v) is 3.68. The quantitative estimate of drug-likeness (QED) is 0.531. The van der Waals surface area contributed by atoms with E-state index in [0.29, 0.717) is 18.0 Å². The Morgan fingerprint density at radius 1 is 1.24 bits per heavy atom. The van der Waals surface area contributed by atoms with Crippen LogP contribution in [-0.4, -0.2) is 31.4 Å². The first-order chi connectivity index (χ1) is 10.1. The summed E-state index contributed by atoms with van der Waals surface area (Å²) >= 11 is 1.18. The standard InChI is InChI=1S/C15H21F2NO2S/c1-2-3-8-20-9-4-7-18-15(19)11-21-12-5-6-13(16)14(17)10-12/h5-6,10H,2-4,7-9,11H2,1H3,(H,18,19). The van der Waals surface area contributed by atoms with Crippen LogP contribution in [0.2, 0.25) is 0 Å². The fourth-order valence-electron chi connectivity index (χ4n) is 1.52. The fraction of sp³-hybridized carbons (Fsp3) is 0.533. The molecule has 0 radical (unpaired) electrons. The number of hydrogen-bond donors (Lipinski definition) is 1. The van der Waals surface area contributed by atoms with E-state index in [9.17, 15) is 13.6 Å². The second-order valence-electron chi connectivity index (χ2n) is 4.53. The van der Waals surface area contributed by atoms with E-state index in [-0.39, 0.29) is 11.7 Å². The SMILES string of the molecule is CCCCOCCCNC(=O)CSc1ccc(F)c(F)c1. The molecule has 6 heteroatoms. The lowest BCUT2D eigenvalue weighted by atomic mass is 10.3. The van der Waals surface area contributed by atoms with Crippen LogP contribution < -0.4 is 5.32 Å². The molecule has 1 rings (SSSR count). The molecule has 0 unspecified atom stereocenters. The third-order valence-electron chi connectivity index (χ3n) is 2.69. The lowest BCUT2D eigenvalue weighted by Gasteiger charge is -2.06. The largest absolute Gasteiger partial charge is 0.381 e. The van der Waals surface area contributed by atoms with Gasteiger partial charge in [-0.1, -0.05) is 13.3 Å². The lowest BCUT2D eigenvalue weighted by Crippen LogP contribution is -2.26. The molecule has 0 aliphatic carbocycles. The van der Waals surface area contributed by atoms with Crippen molar-refractivity contribution in [1.82, 2.24) is 5.32 Å². The van der Waals surface area contributed by atoms with Crippen molar-refractivity contribution < 1.29 is 18.3 Å². The van der Waals surface area contributed by atoms with Crippen LogP contribution in [0.3, 0.4) is 0 Å². The van der Waals surface area contributed by atoms with E-state index in [2.05, 4.69) is 12.2 Å². The second-order valence-corrected chi connectivity index (χ2v) is 5.58. The Bertz CT molecular complexity index is 444. The normalized spacial score (nSPS) is 10.6. The van der Waals surface area contributed by atoms with Crippen LogP contribution in [0.5, 0.6) is 0 Å². The van der Waals surface area contributed by atoms with Gasteiger partial charge in [-0.05, 0) is 31.0 Å². The lowest BCUT2D eigenvalue weighted by molar-refractivity contribution is -0.118. The number of rotatable bonds is 10. The molecule has 21 heavy (non-hydrogen) atoms. The summed E-state index contributed by atoms with van der Waals surface area (Å²) in [6.45, 7) is 4.06. The molecular weight excluding hydrogens is 296 g/mol. The molecule has 0 spiro atoms. The highest BCUT2D eigenvalue weighted by atomic mass is 32.2. The monoisotopic (exact) mass is 317 g/mol. The van der Waals surface area contributed by atoms with E-state index in [4.69, 9.17) is 4.74 Å². The zero-order valence-electron chi connectivity index (χ0n) is 12.2. The van der Waals surface area contributed by atoms with Gasteiger partial charge in [-0.15, -0.1) is 11.8 Å². The van der Waals surface area contributed by atoms with Crippen LogP contribution >= 0.6 is 11.8 Å². The van der Waals surface area contributed by atoms with Gasteiger partial charge in [-0.3, -0.25) is 4.79 Å². The zero-order chi connectivity index (χ0) is 15.5. The van der Waals surface area contributed by atoms with Gasteiger partial charge in [0, 0.05) is 24.7 Å². The summed E-state index contributed by atoms with van der Waals surface area (Å²) in [6, 6.07) is 3.61. The van der Waals surface area contributed by atoms with Gasteiger partial charge in [-0.25, -0.2) is 8.78 Å². The van der Waals surface area contributed by atoms with E-state index in [1.807, 2.05) is 0 Å².